The smallest absolute Gasteiger partial charge is 0.406 e. The number of carbonyl (C=O) groups is 4. The van der Waals surface area contributed by atoms with E-state index >= 15 is 22.8 Å². The van der Waals surface area contributed by atoms with Crippen LogP contribution in [0.25, 0.3) is 33.4 Å². The van der Waals surface area contributed by atoms with E-state index in [4.69, 9.17) is 23.6 Å². The fourth-order valence-corrected chi connectivity index (χ4v) is 15.9. The van der Waals surface area contributed by atoms with Crippen molar-refractivity contribution in [3.05, 3.63) is 52.1 Å². The summed E-state index contributed by atoms with van der Waals surface area (Å²) < 4.78 is 83.5. The SMILES string of the molecule is [2H]C([2H])([2H])N1[C@H](C2CC2)[C@@H]1C(=O)N1CC[C@]2(CCN([C@H](C(=O)N[C@H]3Cc4nc(cs4)-c4ccc5c(c4)c(c(-c4cc(N6CCN(C7CC7)CC6)cnc4[C@H](C)OC)n5CC(F)(F)F)CC(C)(C)COC(=O)[C@@H]4CCCN(N4)C3=O)C3CCCC3)C2)C1. The molecule has 5 saturated heterocycles. The number of thiazole rings is 1. The fraction of sp³-hybridized carbons (Fsp3) is 0.677. The zero-order valence-corrected chi connectivity index (χ0v) is 49.2. The number of carbonyl (C=O) groups excluding carboxylic acids is 4. The Morgan fingerprint density at radius 3 is 2.49 bits per heavy atom. The third-order valence-corrected chi connectivity index (χ3v) is 20.8. The summed E-state index contributed by atoms with van der Waals surface area (Å²) in [7, 11) is 1.57. The van der Waals surface area contributed by atoms with Gasteiger partial charge in [-0.2, -0.15) is 13.2 Å². The molecule has 3 aliphatic carbocycles. The molecule has 83 heavy (non-hydrogen) atoms. The monoisotopic (exact) mass is 1170 g/mol. The van der Waals surface area contributed by atoms with Crippen molar-refractivity contribution in [1.82, 2.24) is 49.9 Å². The molecule has 9 heterocycles. The first kappa shape index (κ1) is 53.3. The van der Waals surface area contributed by atoms with Crippen molar-refractivity contribution in [2.24, 2.45) is 22.7 Å². The first-order chi connectivity index (χ1) is 41.0. The number of rotatable bonds is 12. The number of hydrogen-bond donors (Lipinski definition) is 2. The van der Waals surface area contributed by atoms with Gasteiger partial charge in [0.1, 0.15) is 24.7 Å². The van der Waals surface area contributed by atoms with E-state index < -0.39 is 67.3 Å². The number of benzene rings is 1. The molecule has 3 amide bonds. The van der Waals surface area contributed by atoms with Gasteiger partial charge in [-0.3, -0.25) is 43.9 Å². The number of amides is 3. The number of ether oxygens (including phenoxy) is 2. The molecule has 17 nitrogen and oxygen atoms in total. The van der Waals surface area contributed by atoms with Gasteiger partial charge in [0.25, 0.3) is 5.91 Å². The van der Waals surface area contributed by atoms with E-state index in [1.165, 1.54) is 38.7 Å². The van der Waals surface area contributed by atoms with Crippen molar-refractivity contribution in [2.75, 3.05) is 84.5 Å². The van der Waals surface area contributed by atoms with Crippen LogP contribution < -0.4 is 15.6 Å². The Labute approximate surface area is 493 Å². The van der Waals surface area contributed by atoms with Crippen LogP contribution in [-0.2, 0) is 48.0 Å². The maximum atomic E-state index is 15.3. The summed E-state index contributed by atoms with van der Waals surface area (Å²) in [5.74, 6) is -1.06. The molecule has 8 fully saturated rings. The number of aromatic nitrogens is 3. The number of nitrogens with one attached hydrogen (secondary N) is 2. The molecule has 0 radical (unpaired) electrons. The summed E-state index contributed by atoms with van der Waals surface area (Å²) in [6, 6.07) is 4.64. The number of cyclic esters (lactones) is 1. The molecular formula is C62H82F3N11O6S. The number of fused-ring (bicyclic) bond motifs is 6. The molecule has 1 spiro atoms. The molecule has 8 atom stereocenters. The number of hydrogen-bond acceptors (Lipinski definition) is 14. The zero-order valence-electron chi connectivity index (χ0n) is 51.4. The van der Waals surface area contributed by atoms with Gasteiger partial charge in [-0.1, -0.05) is 32.8 Å². The van der Waals surface area contributed by atoms with Crippen molar-refractivity contribution >= 4 is 51.6 Å². The van der Waals surface area contributed by atoms with E-state index in [9.17, 15) is 9.59 Å². The second kappa shape index (κ2) is 22.3. The largest absolute Gasteiger partial charge is 0.464 e. The number of anilines is 1. The van der Waals surface area contributed by atoms with Crippen LogP contribution in [0.4, 0.5) is 18.9 Å². The molecule has 9 aliphatic rings. The Morgan fingerprint density at radius 2 is 1.76 bits per heavy atom. The highest BCUT2D eigenvalue weighted by Crippen LogP contribution is 2.49. The van der Waals surface area contributed by atoms with Crippen LogP contribution in [0.1, 0.15) is 124 Å². The van der Waals surface area contributed by atoms with Gasteiger partial charge in [-0.25, -0.2) is 10.4 Å². The van der Waals surface area contributed by atoms with Gasteiger partial charge in [0.05, 0.1) is 52.7 Å². The van der Waals surface area contributed by atoms with Crippen LogP contribution in [0.5, 0.6) is 0 Å². The van der Waals surface area contributed by atoms with Gasteiger partial charge in [0, 0.05) is 120 Å². The zero-order chi connectivity index (χ0) is 60.2. The van der Waals surface area contributed by atoms with E-state index in [0.717, 1.165) is 83.2 Å². The van der Waals surface area contributed by atoms with Crippen LogP contribution in [-0.4, -0.2) is 185 Å². The fourth-order valence-electron chi connectivity index (χ4n) is 15.1. The van der Waals surface area contributed by atoms with E-state index in [-0.39, 0.29) is 61.1 Å². The van der Waals surface area contributed by atoms with Gasteiger partial charge in [0.15, 0.2) is 0 Å². The van der Waals surface area contributed by atoms with Crippen molar-refractivity contribution < 1.29 is 45.9 Å². The van der Waals surface area contributed by atoms with Gasteiger partial charge in [-0.15, -0.1) is 11.3 Å². The Morgan fingerprint density at radius 1 is 0.976 bits per heavy atom. The first-order valence-corrected chi connectivity index (χ1v) is 31.5. The van der Waals surface area contributed by atoms with Crippen molar-refractivity contribution in [1.29, 1.82) is 0 Å². The molecule has 3 saturated carbocycles. The average molecular weight is 1170 g/mol. The molecule has 1 unspecified atom stereocenters. The van der Waals surface area contributed by atoms with E-state index in [1.54, 1.807) is 19.2 Å². The van der Waals surface area contributed by atoms with Crippen molar-refractivity contribution in [3.8, 4) is 22.5 Å². The van der Waals surface area contributed by atoms with Gasteiger partial charge < -0.3 is 29.2 Å². The van der Waals surface area contributed by atoms with Gasteiger partial charge in [0.2, 0.25) is 11.8 Å². The summed E-state index contributed by atoms with van der Waals surface area (Å²) >= 11 is 1.34. The number of alkyl halides is 3. The summed E-state index contributed by atoms with van der Waals surface area (Å²) in [6.07, 6.45) is 7.23. The topological polar surface area (TPSA) is 161 Å². The predicted octanol–water partition coefficient (Wildman–Crippen LogP) is 7.61. The molecular weight excluding hydrogens is 1080 g/mol. The number of likely N-dealkylation sites (tertiary alicyclic amines) is 2. The van der Waals surface area contributed by atoms with Crippen LogP contribution in [0.2, 0.25) is 0 Å². The summed E-state index contributed by atoms with van der Waals surface area (Å²) in [5, 5.41) is 7.73. The molecule has 6 bridgehead atoms. The minimum Gasteiger partial charge on any atom is -0.464 e. The number of nitrogens with zero attached hydrogens (tertiary/aromatic N) is 9. The number of methoxy groups -OCH3 is 1. The molecule has 3 aromatic heterocycles. The highest BCUT2D eigenvalue weighted by Gasteiger charge is 2.59. The van der Waals surface area contributed by atoms with E-state index in [1.807, 2.05) is 49.4 Å². The quantitative estimate of drug-likeness (QED) is 0.106. The normalized spacial score (nSPS) is 29.8. The Kier molecular flexibility index (Phi) is 14.3. The van der Waals surface area contributed by atoms with E-state index in [2.05, 4.69) is 25.4 Å². The van der Waals surface area contributed by atoms with Crippen LogP contribution in [0.3, 0.4) is 0 Å². The number of likely N-dealkylation sites (N-methyl/N-ethyl adjacent to an activating group) is 1. The van der Waals surface area contributed by atoms with Crippen molar-refractivity contribution in [3.63, 3.8) is 0 Å². The van der Waals surface area contributed by atoms with Crippen molar-refractivity contribution in [2.45, 2.75) is 166 Å². The molecule has 13 rings (SSSR count). The van der Waals surface area contributed by atoms with Crippen LogP contribution in [0.15, 0.2) is 35.8 Å². The molecule has 1 aromatic carbocycles. The lowest BCUT2D eigenvalue weighted by molar-refractivity contribution is -0.155. The number of pyridine rings is 1. The maximum Gasteiger partial charge on any atom is 0.406 e. The summed E-state index contributed by atoms with van der Waals surface area (Å²) in [5.41, 5.74) is 6.56. The molecule has 4 aromatic rings. The number of esters is 1. The van der Waals surface area contributed by atoms with Gasteiger partial charge >= 0.3 is 12.1 Å². The van der Waals surface area contributed by atoms with Crippen LogP contribution >= 0.6 is 11.3 Å². The lowest BCUT2D eigenvalue weighted by Crippen LogP contribution is -2.62. The highest BCUT2D eigenvalue weighted by atomic mass is 32.1. The van der Waals surface area contributed by atoms with Gasteiger partial charge in [-0.05, 0) is 127 Å². The van der Waals surface area contributed by atoms with Crippen LogP contribution in [0, 0.1) is 22.7 Å². The number of halogens is 3. The second-order valence-corrected chi connectivity index (χ2v) is 27.5. The first-order valence-electron chi connectivity index (χ1n) is 32.1. The Hall–Kier alpha value is -5.19. The third kappa shape index (κ3) is 11.6. The Balaban J connectivity index is 0.827. The maximum absolute atomic E-state index is 15.3. The minimum atomic E-state index is -4.62. The Bertz CT molecular complexity index is 3250. The average Bonchev–Trinajstić information content (AvgIpc) is 1.60. The predicted molar refractivity (Wildman–Crippen MR) is 310 cm³/mol. The lowest BCUT2D eigenvalue weighted by atomic mass is 9.84. The highest BCUT2D eigenvalue weighted by molar-refractivity contribution is 7.10. The number of hydrazine groups is 1. The minimum absolute atomic E-state index is 0.0322. The summed E-state index contributed by atoms with van der Waals surface area (Å²) in [4.78, 5) is 79.2. The van der Waals surface area contributed by atoms with E-state index in [0.29, 0.717) is 94.7 Å². The second-order valence-electron chi connectivity index (χ2n) is 26.6. The molecule has 448 valence electrons. The summed E-state index contributed by atoms with van der Waals surface area (Å²) in [6.45, 7) is 7.88. The molecule has 21 heteroatoms. The number of piperazine rings is 1. The molecule has 6 aliphatic heterocycles. The third-order valence-electron chi connectivity index (χ3n) is 19.9. The lowest BCUT2D eigenvalue weighted by Gasteiger charge is -2.37. The molecule has 2 N–H and O–H groups in total. The standard InChI is InChI=1S/C62H82F3N11O6S/c1-37(81-5)51-44(28-42(31-66-51)72-25-23-71(24-26-72)41-15-16-41)54-45-30-60(2,3)36-82-59(80)46-11-8-20-76(69-46)57(78)47(29-50-67-48(32-83-50)40-14-17-49(43(45)27-40)75(54)35-62(63,64)65)68-56(77)53(38-9-6-7-10-38)73-21-18-61(33-73)19-22-74(34-61)58(79)55-52(70(55)4)39-12-13-39/h14,17,27-28,31-32,37-39,41,46-47,52-53,55,69H,6-13,15-16,18-26,29-30,33-36H2,1-5H3,(H,68,77)/t37-,46-,47-,52+,53-,55+,61-,70?/m0/s1/i4D3.